The Kier molecular flexibility index (Phi) is 4.12. The maximum Gasteiger partial charge on any atom is 0.350 e. The van der Waals surface area contributed by atoms with Gasteiger partial charge in [-0.15, -0.1) is 11.3 Å². The molecular weight excluding hydrogens is 282 g/mol. The van der Waals surface area contributed by atoms with Crippen molar-refractivity contribution in [3.8, 4) is 10.4 Å². The minimum absolute atomic E-state index is 0.335. The Bertz CT molecular complexity index is 602. The number of nitrogen functional groups attached to an aromatic ring is 1. The second-order valence-electron chi connectivity index (χ2n) is 4.13. The van der Waals surface area contributed by atoms with Crippen molar-refractivity contribution < 1.29 is 9.53 Å². The first-order valence-corrected chi connectivity index (χ1v) is 7.04. The van der Waals surface area contributed by atoms with Gasteiger partial charge in [-0.05, 0) is 43.2 Å². The fourth-order valence-corrected chi connectivity index (χ4v) is 3.03. The molecule has 0 spiro atoms. The fraction of sp³-hybridized carbons (Fsp3) is 0.214. The van der Waals surface area contributed by atoms with Gasteiger partial charge >= 0.3 is 5.97 Å². The third-order valence-electron chi connectivity index (χ3n) is 2.55. The summed E-state index contributed by atoms with van der Waals surface area (Å²) in [5.74, 6) is -0.380. The van der Waals surface area contributed by atoms with E-state index in [0.717, 1.165) is 16.0 Å². The number of benzene rings is 1. The Labute approximate surface area is 121 Å². The highest BCUT2D eigenvalue weighted by molar-refractivity contribution is 7.18. The van der Waals surface area contributed by atoms with Gasteiger partial charge in [0.1, 0.15) is 4.88 Å². The van der Waals surface area contributed by atoms with Crippen LogP contribution < -0.4 is 5.73 Å². The fourth-order valence-electron chi connectivity index (χ4n) is 1.78. The third kappa shape index (κ3) is 3.08. The Morgan fingerprint density at radius 1 is 1.37 bits per heavy atom. The minimum atomic E-state index is -0.380. The Hall–Kier alpha value is -1.52. The van der Waals surface area contributed by atoms with Crippen molar-refractivity contribution in [1.29, 1.82) is 0 Å². The lowest BCUT2D eigenvalue weighted by atomic mass is 10.1. The molecule has 2 N–H and O–H groups in total. The van der Waals surface area contributed by atoms with Crippen molar-refractivity contribution >= 4 is 34.6 Å². The van der Waals surface area contributed by atoms with Gasteiger partial charge in [0, 0.05) is 9.90 Å². The van der Waals surface area contributed by atoms with Crippen LogP contribution in [0, 0.1) is 6.92 Å². The normalized spacial score (nSPS) is 10.5. The zero-order chi connectivity index (χ0) is 14.0. The van der Waals surface area contributed by atoms with Crippen LogP contribution in [0.1, 0.15) is 22.2 Å². The molecule has 0 fully saturated rings. The summed E-state index contributed by atoms with van der Waals surface area (Å²) < 4.78 is 4.97. The number of hydrogen-bond donors (Lipinski definition) is 1. The van der Waals surface area contributed by atoms with Crippen molar-refractivity contribution in [1.82, 2.24) is 0 Å². The molecule has 2 rings (SSSR count). The van der Waals surface area contributed by atoms with Crippen LogP contribution in [0.25, 0.3) is 10.4 Å². The van der Waals surface area contributed by atoms with Crippen LogP contribution in [-0.4, -0.2) is 12.6 Å². The molecule has 1 aromatic heterocycles. The van der Waals surface area contributed by atoms with E-state index < -0.39 is 0 Å². The summed E-state index contributed by atoms with van der Waals surface area (Å²) >= 11 is 7.36. The predicted octanol–water partition coefficient (Wildman–Crippen LogP) is 4.14. The zero-order valence-corrected chi connectivity index (χ0v) is 12.3. The lowest BCUT2D eigenvalue weighted by Gasteiger charge is -2.01. The Morgan fingerprint density at radius 3 is 2.74 bits per heavy atom. The SMILES string of the molecule is CCOC(=O)c1sc(-c2cc(C)cc(Cl)c2)cc1N. The number of carbonyl (C=O) groups is 1. The van der Waals surface area contributed by atoms with Crippen LogP contribution in [0.3, 0.4) is 0 Å². The first kappa shape index (κ1) is 13.9. The van der Waals surface area contributed by atoms with Gasteiger partial charge in [-0.2, -0.15) is 0 Å². The first-order chi connectivity index (χ1) is 9.01. The van der Waals surface area contributed by atoms with Gasteiger partial charge in [0.25, 0.3) is 0 Å². The maximum atomic E-state index is 11.7. The number of carbonyl (C=O) groups excluding carboxylic acids is 1. The number of aryl methyl sites for hydroxylation is 1. The molecule has 5 heteroatoms. The van der Waals surface area contributed by atoms with E-state index >= 15 is 0 Å². The van der Waals surface area contributed by atoms with Crippen molar-refractivity contribution in [3.63, 3.8) is 0 Å². The van der Waals surface area contributed by atoms with Gasteiger partial charge in [0.15, 0.2) is 0 Å². The first-order valence-electron chi connectivity index (χ1n) is 5.85. The number of thiophene rings is 1. The molecule has 0 aliphatic rings. The van der Waals surface area contributed by atoms with Crippen molar-refractivity contribution in [2.45, 2.75) is 13.8 Å². The van der Waals surface area contributed by atoms with Crippen LogP contribution in [0.4, 0.5) is 5.69 Å². The lowest BCUT2D eigenvalue weighted by molar-refractivity contribution is 0.0533. The predicted molar refractivity (Wildman–Crippen MR) is 79.9 cm³/mol. The van der Waals surface area contributed by atoms with Crippen LogP contribution in [0.2, 0.25) is 5.02 Å². The maximum absolute atomic E-state index is 11.7. The largest absolute Gasteiger partial charge is 0.462 e. The van der Waals surface area contributed by atoms with Crippen LogP contribution in [-0.2, 0) is 4.74 Å². The molecule has 100 valence electrons. The van der Waals surface area contributed by atoms with E-state index in [1.54, 1.807) is 13.0 Å². The van der Waals surface area contributed by atoms with E-state index in [2.05, 4.69) is 0 Å². The molecule has 0 amide bonds. The number of anilines is 1. The topological polar surface area (TPSA) is 52.3 Å². The Balaban J connectivity index is 2.41. The standard InChI is InChI=1S/C14H14ClNO2S/c1-3-18-14(17)13-11(16)7-12(19-13)9-4-8(2)5-10(15)6-9/h4-7H,3,16H2,1-2H3. The van der Waals surface area contributed by atoms with Gasteiger partial charge in [-0.1, -0.05) is 17.7 Å². The summed E-state index contributed by atoms with van der Waals surface area (Å²) in [7, 11) is 0. The minimum Gasteiger partial charge on any atom is -0.462 e. The average Bonchev–Trinajstić information content (AvgIpc) is 2.70. The molecule has 1 aromatic carbocycles. The lowest BCUT2D eigenvalue weighted by Crippen LogP contribution is -2.04. The van der Waals surface area contributed by atoms with Gasteiger partial charge in [0.2, 0.25) is 0 Å². The second kappa shape index (κ2) is 5.63. The molecule has 0 saturated carbocycles. The smallest absolute Gasteiger partial charge is 0.350 e. The third-order valence-corrected chi connectivity index (χ3v) is 3.95. The van der Waals surface area contributed by atoms with E-state index in [0.29, 0.717) is 22.2 Å². The Morgan fingerprint density at radius 2 is 2.11 bits per heavy atom. The molecule has 3 nitrogen and oxygen atoms in total. The molecule has 0 radical (unpaired) electrons. The number of hydrogen-bond acceptors (Lipinski definition) is 4. The summed E-state index contributed by atoms with van der Waals surface area (Å²) in [5, 5.41) is 0.666. The van der Waals surface area contributed by atoms with Crippen LogP contribution in [0.5, 0.6) is 0 Å². The van der Waals surface area contributed by atoms with Gasteiger partial charge < -0.3 is 10.5 Å². The molecule has 0 bridgehead atoms. The summed E-state index contributed by atoms with van der Waals surface area (Å²) in [6, 6.07) is 7.52. The van der Waals surface area contributed by atoms with Crippen LogP contribution >= 0.6 is 22.9 Å². The molecule has 2 aromatic rings. The molecule has 0 aliphatic heterocycles. The summed E-state index contributed by atoms with van der Waals surface area (Å²) in [6.07, 6.45) is 0. The molecule has 1 heterocycles. The molecule has 19 heavy (non-hydrogen) atoms. The van der Waals surface area contributed by atoms with Crippen molar-refractivity contribution in [3.05, 3.63) is 39.7 Å². The van der Waals surface area contributed by atoms with Crippen molar-refractivity contribution in [2.75, 3.05) is 12.3 Å². The quantitative estimate of drug-likeness (QED) is 0.866. The number of ether oxygens (including phenoxy) is 1. The van der Waals surface area contributed by atoms with E-state index in [4.69, 9.17) is 22.1 Å². The molecular formula is C14H14ClNO2S. The van der Waals surface area contributed by atoms with Gasteiger partial charge in [0.05, 0.1) is 12.3 Å². The molecule has 0 unspecified atom stereocenters. The number of halogens is 1. The highest BCUT2D eigenvalue weighted by Crippen LogP contribution is 2.35. The zero-order valence-electron chi connectivity index (χ0n) is 10.7. The van der Waals surface area contributed by atoms with E-state index in [-0.39, 0.29) is 5.97 Å². The van der Waals surface area contributed by atoms with Gasteiger partial charge in [-0.3, -0.25) is 0 Å². The summed E-state index contributed by atoms with van der Waals surface area (Å²) in [4.78, 5) is 13.1. The molecule has 0 aliphatic carbocycles. The molecule has 0 saturated heterocycles. The summed E-state index contributed by atoms with van der Waals surface area (Å²) in [5.41, 5.74) is 8.32. The summed E-state index contributed by atoms with van der Waals surface area (Å²) in [6.45, 7) is 4.07. The van der Waals surface area contributed by atoms with Crippen molar-refractivity contribution in [2.24, 2.45) is 0 Å². The second-order valence-corrected chi connectivity index (χ2v) is 5.62. The van der Waals surface area contributed by atoms with E-state index in [1.165, 1.54) is 11.3 Å². The average molecular weight is 296 g/mol. The van der Waals surface area contributed by atoms with E-state index in [1.807, 2.05) is 25.1 Å². The monoisotopic (exact) mass is 295 g/mol. The number of nitrogens with two attached hydrogens (primary N) is 1. The number of esters is 1. The van der Waals surface area contributed by atoms with E-state index in [9.17, 15) is 4.79 Å². The highest BCUT2D eigenvalue weighted by atomic mass is 35.5. The highest BCUT2D eigenvalue weighted by Gasteiger charge is 2.16. The van der Waals surface area contributed by atoms with Gasteiger partial charge in [-0.25, -0.2) is 4.79 Å². The van der Waals surface area contributed by atoms with Crippen LogP contribution in [0.15, 0.2) is 24.3 Å². The number of rotatable bonds is 3. The molecule has 0 atom stereocenters.